The number of carbonyl (C=O) groups is 1. The fourth-order valence-electron chi connectivity index (χ4n) is 4.85. The monoisotopic (exact) mass is 470 g/mol. The minimum absolute atomic E-state index is 0.246. The fraction of sp³-hybridized carbons (Fsp3) is 0.522. The molecule has 9 nitrogen and oxygen atoms in total. The van der Waals surface area contributed by atoms with E-state index in [4.69, 9.17) is 5.10 Å². The van der Waals surface area contributed by atoms with Crippen molar-refractivity contribution in [3.05, 3.63) is 29.8 Å². The molecule has 0 aromatic carbocycles. The van der Waals surface area contributed by atoms with E-state index >= 15 is 0 Å². The van der Waals surface area contributed by atoms with E-state index in [0.29, 0.717) is 23.1 Å². The number of nitrogens with zero attached hydrogens (tertiary/aromatic N) is 7. The lowest BCUT2D eigenvalue weighted by molar-refractivity contribution is -0.114. The van der Waals surface area contributed by atoms with Gasteiger partial charge in [-0.2, -0.15) is 8.78 Å². The average Bonchev–Trinajstić information content (AvgIpc) is 3.51. The number of anilines is 2. The van der Waals surface area contributed by atoms with Gasteiger partial charge in [-0.15, -0.1) is 5.10 Å². The second kappa shape index (κ2) is 8.53. The average molecular weight is 471 g/mol. The van der Waals surface area contributed by atoms with Crippen molar-refractivity contribution in [2.75, 3.05) is 36.4 Å². The smallest absolute Gasteiger partial charge is 0.303 e. The summed E-state index contributed by atoms with van der Waals surface area (Å²) in [5, 5.41) is 8.28. The number of hydrogen-bond donors (Lipinski definition) is 1. The number of hydrogen-bond acceptors (Lipinski definition) is 7. The summed E-state index contributed by atoms with van der Waals surface area (Å²) in [6.45, 7) is 7.79. The number of carbonyl (C=O) groups excluding carboxylic acids is 1. The molecule has 0 spiro atoms. The Hall–Kier alpha value is -3.21. The van der Waals surface area contributed by atoms with Crippen LogP contribution in [0.2, 0.25) is 0 Å². The molecular formula is C23H28F2N8O. The summed E-state index contributed by atoms with van der Waals surface area (Å²) < 4.78 is 29.7. The lowest BCUT2D eigenvalue weighted by Gasteiger charge is -2.23. The third-order valence-corrected chi connectivity index (χ3v) is 6.42. The molecule has 180 valence electrons. The van der Waals surface area contributed by atoms with Crippen LogP contribution in [0.5, 0.6) is 0 Å². The van der Waals surface area contributed by atoms with Crippen LogP contribution in [0.15, 0.2) is 18.3 Å². The Morgan fingerprint density at radius 2 is 1.94 bits per heavy atom. The van der Waals surface area contributed by atoms with E-state index in [0.717, 1.165) is 50.7 Å². The number of rotatable bonds is 5. The quantitative estimate of drug-likeness (QED) is 0.612. The highest BCUT2D eigenvalue weighted by Gasteiger charge is 2.33. The van der Waals surface area contributed by atoms with E-state index in [-0.39, 0.29) is 11.7 Å². The summed E-state index contributed by atoms with van der Waals surface area (Å²) in [6.07, 6.45) is 5.19. The number of aryl methyl sites for hydroxylation is 1. The fourth-order valence-corrected chi connectivity index (χ4v) is 4.85. The van der Waals surface area contributed by atoms with Crippen molar-refractivity contribution in [3.63, 3.8) is 0 Å². The summed E-state index contributed by atoms with van der Waals surface area (Å²) in [7, 11) is 0. The molecule has 3 aromatic heterocycles. The van der Waals surface area contributed by atoms with Crippen LogP contribution in [0, 0.1) is 6.92 Å². The van der Waals surface area contributed by atoms with Gasteiger partial charge in [-0.25, -0.2) is 19.6 Å². The van der Waals surface area contributed by atoms with Crippen LogP contribution in [0.3, 0.4) is 0 Å². The topological polar surface area (TPSA) is 92.1 Å². The molecule has 2 aliphatic heterocycles. The minimum atomic E-state index is -3.19. The second-order valence-electron chi connectivity index (χ2n) is 9.21. The van der Waals surface area contributed by atoms with E-state index in [2.05, 4.69) is 30.1 Å². The minimum Gasteiger partial charge on any atom is -0.353 e. The predicted molar refractivity (Wildman–Crippen MR) is 124 cm³/mol. The van der Waals surface area contributed by atoms with Gasteiger partial charge in [0.05, 0.1) is 10.9 Å². The maximum absolute atomic E-state index is 14.1. The van der Waals surface area contributed by atoms with E-state index in [1.165, 1.54) is 19.8 Å². The van der Waals surface area contributed by atoms with Gasteiger partial charge >= 0.3 is 5.92 Å². The second-order valence-corrected chi connectivity index (χ2v) is 9.21. The summed E-state index contributed by atoms with van der Waals surface area (Å²) in [6, 6.07) is 3.80. The molecule has 2 saturated heterocycles. The first kappa shape index (κ1) is 22.6. The molecule has 1 amide bonds. The zero-order valence-corrected chi connectivity index (χ0v) is 19.6. The van der Waals surface area contributed by atoms with E-state index < -0.39 is 11.7 Å². The maximum atomic E-state index is 14.1. The summed E-state index contributed by atoms with van der Waals surface area (Å²) in [4.78, 5) is 28.8. The highest BCUT2D eigenvalue weighted by molar-refractivity contribution is 5.95. The number of alkyl halides is 2. The molecule has 0 bridgehead atoms. The van der Waals surface area contributed by atoms with Crippen molar-refractivity contribution >= 4 is 28.4 Å². The third-order valence-electron chi connectivity index (χ3n) is 6.42. The van der Waals surface area contributed by atoms with Crippen LogP contribution < -0.4 is 10.2 Å². The van der Waals surface area contributed by atoms with Gasteiger partial charge in [-0.05, 0) is 39.3 Å². The van der Waals surface area contributed by atoms with Gasteiger partial charge < -0.3 is 10.2 Å². The zero-order valence-electron chi connectivity index (χ0n) is 19.6. The number of amides is 1. The van der Waals surface area contributed by atoms with Crippen LogP contribution >= 0.6 is 0 Å². The molecule has 34 heavy (non-hydrogen) atoms. The van der Waals surface area contributed by atoms with Crippen molar-refractivity contribution in [1.29, 1.82) is 0 Å². The van der Waals surface area contributed by atoms with Gasteiger partial charge in [0.25, 0.3) is 0 Å². The van der Waals surface area contributed by atoms with Crippen molar-refractivity contribution in [2.24, 2.45) is 0 Å². The van der Waals surface area contributed by atoms with Gasteiger partial charge in [0, 0.05) is 57.0 Å². The van der Waals surface area contributed by atoms with Crippen molar-refractivity contribution in [2.45, 2.75) is 52.0 Å². The molecule has 3 aromatic rings. The normalized spacial score (nSPS) is 19.3. The van der Waals surface area contributed by atoms with Crippen LogP contribution in [0.1, 0.15) is 44.6 Å². The molecular weight excluding hydrogens is 442 g/mol. The molecule has 0 radical (unpaired) electrons. The van der Waals surface area contributed by atoms with Gasteiger partial charge in [-0.3, -0.25) is 9.69 Å². The predicted octanol–water partition coefficient (Wildman–Crippen LogP) is 3.26. The lowest BCUT2D eigenvalue weighted by Crippen LogP contribution is -2.35. The lowest BCUT2D eigenvalue weighted by atomic mass is 10.2. The number of halogens is 2. The molecule has 2 aliphatic rings. The summed E-state index contributed by atoms with van der Waals surface area (Å²) >= 11 is 0. The van der Waals surface area contributed by atoms with Crippen molar-refractivity contribution in [1.82, 2.24) is 29.6 Å². The molecule has 1 atom stereocenters. The highest BCUT2D eigenvalue weighted by atomic mass is 19.3. The molecule has 0 unspecified atom stereocenters. The summed E-state index contributed by atoms with van der Waals surface area (Å²) in [5.74, 6) is -2.66. The van der Waals surface area contributed by atoms with E-state index in [9.17, 15) is 13.6 Å². The number of nitrogens with one attached hydrogen (secondary N) is 1. The van der Waals surface area contributed by atoms with Crippen molar-refractivity contribution in [3.8, 4) is 5.82 Å². The zero-order chi connectivity index (χ0) is 24.0. The Bertz CT molecular complexity index is 1230. The first-order chi connectivity index (χ1) is 16.2. The Kier molecular flexibility index (Phi) is 5.67. The number of fused-ring (bicyclic) bond motifs is 1. The molecule has 2 fully saturated rings. The molecule has 5 rings (SSSR count). The largest absolute Gasteiger partial charge is 0.353 e. The summed E-state index contributed by atoms with van der Waals surface area (Å²) in [5.41, 5.74) is 1.04. The van der Waals surface area contributed by atoms with Gasteiger partial charge in [0.2, 0.25) is 11.7 Å². The van der Waals surface area contributed by atoms with Crippen LogP contribution in [0.4, 0.5) is 20.4 Å². The first-order valence-corrected chi connectivity index (χ1v) is 11.6. The molecule has 1 N–H and O–H groups in total. The Morgan fingerprint density at radius 1 is 1.18 bits per heavy atom. The standard InChI is InChI=1S/C23H28F2N8O/c1-14-10-20(29-22(27-14)23(3,24)25)33-18-11-19(28-15(2)34)26-12-17(18)21(30-33)32-9-6-16(13-32)31-7-4-5-8-31/h10-12,16H,4-9,13H2,1-3H3,(H,26,28,34)/t16-/m0/s1. The van der Waals surface area contributed by atoms with Gasteiger partial charge in [0.1, 0.15) is 5.82 Å². The van der Waals surface area contributed by atoms with Crippen molar-refractivity contribution < 1.29 is 13.6 Å². The number of likely N-dealkylation sites (tertiary alicyclic amines) is 1. The third kappa shape index (κ3) is 4.31. The Morgan fingerprint density at radius 3 is 2.65 bits per heavy atom. The van der Waals surface area contributed by atoms with E-state index in [1.54, 1.807) is 29.9 Å². The maximum Gasteiger partial charge on any atom is 0.303 e. The SMILES string of the molecule is CC(=O)Nc1cc2c(cn1)c(N1CC[C@H](N3CCCC3)C1)nn2-c1cc(C)nc(C(C)(F)F)n1. The van der Waals surface area contributed by atoms with E-state index in [1.807, 2.05) is 0 Å². The molecule has 11 heteroatoms. The van der Waals surface area contributed by atoms with Crippen LogP contribution in [-0.4, -0.2) is 67.8 Å². The van der Waals surface area contributed by atoms with Gasteiger partial charge in [-0.1, -0.05) is 0 Å². The highest BCUT2D eigenvalue weighted by Crippen LogP contribution is 2.33. The Labute approximate surface area is 196 Å². The Balaban J connectivity index is 1.60. The molecule has 5 heterocycles. The number of pyridine rings is 1. The first-order valence-electron chi connectivity index (χ1n) is 11.6. The number of aromatic nitrogens is 5. The van der Waals surface area contributed by atoms with Crippen LogP contribution in [-0.2, 0) is 10.7 Å². The van der Waals surface area contributed by atoms with Gasteiger partial charge in [0.15, 0.2) is 11.6 Å². The molecule has 0 saturated carbocycles. The van der Waals surface area contributed by atoms with Crippen LogP contribution in [0.25, 0.3) is 16.7 Å². The molecule has 0 aliphatic carbocycles.